The molecule has 1 N–H and O–H groups in total. The van der Waals surface area contributed by atoms with E-state index in [1.807, 2.05) is 6.92 Å². The van der Waals surface area contributed by atoms with Crippen molar-refractivity contribution >= 4 is 40.2 Å². The highest BCUT2D eigenvalue weighted by molar-refractivity contribution is 8.15. The highest BCUT2D eigenvalue weighted by atomic mass is 32.2. The Balaban J connectivity index is 1.41. The number of carbonyl (C=O) groups is 3. The van der Waals surface area contributed by atoms with E-state index < -0.39 is 17.1 Å². The predicted octanol–water partition coefficient (Wildman–Crippen LogP) is 4.86. The zero-order valence-corrected chi connectivity index (χ0v) is 18.9. The van der Waals surface area contributed by atoms with Crippen molar-refractivity contribution in [3.63, 3.8) is 0 Å². The van der Waals surface area contributed by atoms with Crippen LogP contribution in [-0.4, -0.2) is 27.3 Å². The minimum absolute atomic E-state index is 0.289. The number of aryl methyl sites for hydroxylation is 1. The number of halogens is 1. The number of amides is 2. The van der Waals surface area contributed by atoms with Crippen LogP contribution in [0, 0.1) is 12.7 Å². The first kappa shape index (κ1) is 22.2. The van der Waals surface area contributed by atoms with E-state index in [1.54, 1.807) is 43.3 Å². The first-order valence-electron chi connectivity index (χ1n) is 9.85. The normalized spacial score (nSPS) is 16.7. The summed E-state index contributed by atoms with van der Waals surface area (Å²) >= 11 is 2.42. The number of thioether (sulfide) groups is 1. The van der Waals surface area contributed by atoms with Crippen LogP contribution >= 0.6 is 23.1 Å². The van der Waals surface area contributed by atoms with Crippen molar-refractivity contribution in [2.75, 3.05) is 0 Å². The number of imide groups is 1. The van der Waals surface area contributed by atoms with E-state index >= 15 is 0 Å². The Morgan fingerprint density at radius 3 is 2.47 bits per heavy atom. The molecule has 9 heteroatoms. The quantitative estimate of drug-likeness (QED) is 0.409. The van der Waals surface area contributed by atoms with Crippen LogP contribution in [0.4, 0.5) is 9.18 Å². The Kier molecular flexibility index (Phi) is 6.38. The van der Waals surface area contributed by atoms with Gasteiger partial charge in [0.2, 0.25) is 5.91 Å². The Morgan fingerprint density at radius 1 is 1.16 bits per heavy atom. The maximum atomic E-state index is 13.2. The van der Waals surface area contributed by atoms with Gasteiger partial charge in [0.1, 0.15) is 16.6 Å². The number of thiazole rings is 1. The SMILES string of the molecule is Cc1sc(-c2ccc(F)cc2)nc1C(C)C(=O)Oc1ccc(CC2SC(=O)NC2=O)cc1. The van der Waals surface area contributed by atoms with Gasteiger partial charge in [-0.1, -0.05) is 23.9 Å². The smallest absolute Gasteiger partial charge is 0.320 e. The highest BCUT2D eigenvalue weighted by Crippen LogP contribution is 2.32. The zero-order chi connectivity index (χ0) is 22.8. The third kappa shape index (κ3) is 4.89. The van der Waals surface area contributed by atoms with Crippen molar-refractivity contribution in [2.24, 2.45) is 0 Å². The third-order valence-electron chi connectivity index (χ3n) is 5.02. The molecule has 1 fully saturated rings. The molecule has 1 aliphatic heterocycles. The predicted molar refractivity (Wildman–Crippen MR) is 121 cm³/mol. The molecule has 2 aromatic carbocycles. The van der Waals surface area contributed by atoms with Gasteiger partial charge in [-0.05, 0) is 62.2 Å². The van der Waals surface area contributed by atoms with Crippen LogP contribution in [0.3, 0.4) is 0 Å². The van der Waals surface area contributed by atoms with Gasteiger partial charge in [0.05, 0.1) is 16.9 Å². The van der Waals surface area contributed by atoms with Crippen LogP contribution in [-0.2, 0) is 16.0 Å². The van der Waals surface area contributed by atoms with E-state index in [1.165, 1.54) is 23.5 Å². The molecule has 6 nitrogen and oxygen atoms in total. The molecule has 164 valence electrons. The number of nitrogens with one attached hydrogen (secondary N) is 1. The van der Waals surface area contributed by atoms with E-state index in [-0.39, 0.29) is 17.0 Å². The number of benzene rings is 2. The van der Waals surface area contributed by atoms with Crippen molar-refractivity contribution in [3.8, 4) is 16.3 Å². The first-order chi connectivity index (χ1) is 15.3. The van der Waals surface area contributed by atoms with Gasteiger partial charge in [-0.15, -0.1) is 11.3 Å². The number of carbonyl (C=O) groups excluding carboxylic acids is 3. The maximum absolute atomic E-state index is 13.2. The molecule has 32 heavy (non-hydrogen) atoms. The summed E-state index contributed by atoms with van der Waals surface area (Å²) in [6.07, 6.45) is 0.414. The number of hydrogen-bond donors (Lipinski definition) is 1. The van der Waals surface area contributed by atoms with Gasteiger partial charge in [0.25, 0.3) is 5.24 Å². The van der Waals surface area contributed by atoms with E-state index in [9.17, 15) is 18.8 Å². The lowest BCUT2D eigenvalue weighted by Gasteiger charge is -2.11. The summed E-state index contributed by atoms with van der Waals surface area (Å²) in [6, 6.07) is 12.9. The summed E-state index contributed by atoms with van der Waals surface area (Å²) in [5.41, 5.74) is 2.28. The summed E-state index contributed by atoms with van der Waals surface area (Å²) in [4.78, 5) is 41.2. The zero-order valence-electron chi connectivity index (χ0n) is 17.3. The molecule has 0 saturated carbocycles. The average Bonchev–Trinajstić information content (AvgIpc) is 3.30. The van der Waals surface area contributed by atoms with Crippen LogP contribution in [0.2, 0.25) is 0 Å². The number of aromatic nitrogens is 1. The fraction of sp³-hybridized carbons (Fsp3) is 0.217. The average molecular weight is 471 g/mol. The topological polar surface area (TPSA) is 85.4 Å². The lowest BCUT2D eigenvalue weighted by atomic mass is 10.1. The Hall–Kier alpha value is -3.04. The molecule has 2 unspecified atom stereocenters. The van der Waals surface area contributed by atoms with E-state index in [0.717, 1.165) is 27.8 Å². The lowest BCUT2D eigenvalue weighted by molar-refractivity contribution is -0.135. The second kappa shape index (κ2) is 9.22. The van der Waals surface area contributed by atoms with Crippen LogP contribution in [0.15, 0.2) is 48.5 Å². The van der Waals surface area contributed by atoms with E-state index in [2.05, 4.69) is 10.3 Å². The summed E-state index contributed by atoms with van der Waals surface area (Å²) in [6.45, 7) is 3.63. The molecule has 4 rings (SSSR count). The van der Waals surface area contributed by atoms with Gasteiger partial charge < -0.3 is 4.74 Å². The maximum Gasteiger partial charge on any atom is 0.320 e. The summed E-state index contributed by atoms with van der Waals surface area (Å²) in [5.74, 6) is -1.23. The minimum Gasteiger partial charge on any atom is -0.426 e. The van der Waals surface area contributed by atoms with Crippen LogP contribution in [0.5, 0.6) is 5.75 Å². The molecule has 2 amide bonds. The molecule has 1 saturated heterocycles. The first-order valence-corrected chi connectivity index (χ1v) is 11.5. The van der Waals surface area contributed by atoms with Gasteiger partial charge in [0.15, 0.2) is 0 Å². The summed E-state index contributed by atoms with van der Waals surface area (Å²) in [5, 5.41) is 2.20. The third-order valence-corrected chi connectivity index (χ3v) is 7.03. The molecule has 0 spiro atoms. The molecule has 1 aliphatic rings. The highest BCUT2D eigenvalue weighted by Gasteiger charge is 2.31. The fourth-order valence-corrected chi connectivity index (χ4v) is 5.15. The molecule has 2 atom stereocenters. The van der Waals surface area contributed by atoms with Gasteiger partial charge in [-0.2, -0.15) is 0 Å². The summed E-state index contributed by atoms with van der Waals surface area (Å²) < 4.78 is 18.7. The van der Waals surface area contributed by atoms with Crippen molar-refractivity contribution in [1.29, 1.82) is 0 Å². The van der Waals surface area contributed by atoms with Crippen LogP contribution in [0.25, 0.3) is 10.6 Å². The van der Waals surface area contributed by atoms with Crippen molar-refractivity contribution in [3.05, 3.63) is 70.5 Å². The van der Waals surface area contributed by atoms with Crippen molar-refractivity contribution < 1.29 is 23.5 Å². The molecule has 0 aliphatic carbocycles. The lowest BCUT2D eigenvalue weighted by Crippen LogP contribution is -2.25. The number of ether oxygens (including phenoxy) is 1. The molecule has 3 aromatic rings. The van der Waals surface area contributed by atoms with Crippen LogP contribution in [0.1, 0.15) is 29.0 Å². The van der Waals surface area contributed by atoms with Gasteiger partial charge >= 0.3 is 5.97 Å². The van der Waals surface area contributed by atoms with E-state index in [4.69, 9.17) is 4.74 Å². The number of esters is 1. The molecule has 0 radical (unpaired) electrons. The Labute approximate surface area is 192 Å². The number of hydrogen-bond acceptors (Lipinski definition) is 7. The fourth-order valence-electron chi connectivity index (χ4n) is 3.28. The minimum atomic E-state index is -0.579. The van der Waals surface area contributed by atoms with Gasteiger partial charge in [-0.3, -0.25) is 19.7 Å². The van der Waals surface area contributed by atoms with Crippen molar-refractivity contribution in [1.82, 2.24) is 10.3 Å². The standard InChI is InChI=1S/C23H19FN2O4S2/c1-12(19-13(2)31-21(25-19)15-5-7-16(24)8-6-15)22(28)30-17-9-3-14(4-10-17)11-18-20(27)26-23(29)32-18/h3-10,12,18H,11H2,1-2H3,(H,26,27,29). The molecule has 0 bridgehead atoms. The Bertz CT molecular complexity index is 1180. The monoisotopic (exact) mass is 470 g/mol. The second-order valence-electron chi connectivity index (χ2n) is 7.34. The van der Waals surface area contributed by atoms with E-state index in [0.29, 0.717) is 22.9 Å². The second-order valence-corrected chi connectivity index (χ2v) is 9.72. The summed E-state index contributed by atoms with van der Waals surface area (Å²) in [7, 11) is 0. The van der Waals surface area contributed by atoms with Gasteiger partial charge in [0, 0.05) is 10.4 Å². The van der Waals surface area contributed by atoms with Crippen molar-refractivity contribution in [2.45, 2.75) is 31.4 Å². The largest absolute Gasteiger partial charge is 0.426 e. The van der Waals surface area contributed by atoms with Crippen LogP contribution < -0.4 is 10.1 Å². The molecule has 2 heterocycles. The molecular formula is C23H19FN2O4S2. The van der Waals surface area contributed by atoms with Gasteiger partial charge in [-0.25, -0.2) is 9.37 Å². The molecular weight excluding hydrogens is 451 g/mol. The Morgan fingerprint density at radius 2 is 1.84 bits per heavy atom. The number of rotatable bonds is 6. The number of nitrogens with zero attached hydrogens (tertiary/aromatic N) is 1. The molecule has 1 aromatic heterocycles.